The van der Waals surface area contributed by atoms with Gasteiger partial charge in [0.05, 0.1) is 31.4 Å². The van der Waals surface area contributed by atoms with Crippen molar-refractivity contribution in [3.05, 3.63) is 22.4 Å². The van der Waals surface area contributed by atoms with Gasteiger partial charge in [0.2, 0.25) is 0 Å². The van der Waals surface area contributed by atoms with Gasteiger partial charge in [-0.1, -0.05) is 6.07 Å². The van der Waals surface area contributed by atoms with Crippen LogP contribution in [0.15, 0.2) is 22.5 Å². The largest absolute Gasteiger partial charge is 0.376 e. The Hall–Kier alpha value is -0.420. The number of thiophene rings is 1. The van der Waals surface area contributed by atoms with Crippen LogP contribution in [0.4, 0.5) is 0 Å². The maximum Gasteiger partial charge on any atom is 0.193 e. The SMILES string of the molecule is CCNC(=NCC(c1cccs1)N(C)C)N1CCC(OCC2CCCCO2)CC1.I. The molecule has 1 aromatic rings. The van der Waals surface area contributed by atoms with E-state index in [1.807, 2.05) is 0 Å². The van der Waals surface area contributed by atoms with Gasteiger partial charge in [-0.05, 0) is 64.6 Å². The molecule has 2 fully saturated rings. The highest BCUT2D eigenvalue weighted by Crippen LogP contribution is 2.24. The van der Waals surface area contributed by atoms with Gasteiger partial charge in [-0.25, -0.2) is 0 Å². The minimum Gasteiger partial charge on any atom is -0.376 e. The third-order valence-corrected chi connectivity index (χ3v) is 6.75. The summed E-state index contributed by atoms with van der Waals surface area (Å²) in [5.41, 5.74) is 0. The Morgan fingerprint density at radius 1 is 1.33 bits per heavy atom. The number of guanidine groups is 1. The first kappa shape index (κ1) is 25.8. The number of hydrogen-bond acceptors (Lipinski definition) is 5. The van der Waals surface area contributed by atoms with E-state index in [9.17, 15) is 0 Å². The molecule has 3 rings (SSSR count). The second-order valence-electron chi connectivity index (χ2n) is 8.20. The molecule has 1 N–H and O–H groups in total. The van der Waals surface area contributed by atoms with Crippen molar-refractivity contribution in [2.24, 2.45) is 4.99 Å². The second kappa shape index (κ2) is 13.9. The van der Waals surface area contributed by atoms with Crippen LogP contribution in [-0.2, 0) is 9.47 Å². The summed E-state index contributed by atoms with van der Waals surface area (Å²) in [5.74, 6) is 1.03. The van der Waals surface area contributed by atoms with Crippen molar-refractivity contribution in [3.8, 4) is 0 Å². The number of nitrogens with one attached hydrogen (secondary N) is 1. The minimum atomic E-state index is 0. The van der Waals surface area contributed by atoms with Crippen LogP contribution < -0.4 is 5.32 Å². The van der Waals surface area contributed by atoms with Gasteiger partial charge in [0.15, 0.2) is 5.96 Å². The van der Waals surface area contributed by atoms with E-state index in [4.69, 9.17) is 14.5 Å². The van der Waals surface area contributed by atoms with Crippen LogP contribution in [0.1, 0.15) is 49.9 Å². The quantitative estimate of drug-likeness (QED) is 0.302. The van der Waals surface area contributed by atoms with E-state index in [-0.39, 0.29) is 24.0 Å². The van der Waals surface area contributed by atoms with E-state index in [0.717, 1.165) is 64.6 Å². The summed E-state index contributed by atoms with van der Waals surface area (Å²) in [6.45, 7) is 7.43. The first-order valence-electron chi connectivity index (χ1n) is 11.1. The molecule has 2 atom stereocenters. The van der Waals surface area contributed by atoms with Crippen LogP contribution in [0, 0.1) is 0 Å². The Morgan fingerprint density at radius 3 is 2.73 bits per heavy atom. The van der Waals surface area contributed by atoms with Crippen molar-refractivity contribution in [2.75, 3.05) is 53.5 Å². The lowest BCUT2D eigenvalue weighted by atomic mass is 10.1. The zero-order valence-electron chi connectivity index (χ0n) is 18.7. The van der Waals surface area contributed by atoms with Crippen molar-refractivity contribution < 1.29 is 9.47 Å². The number of ether oxygens (including phenoxy) is 2. The van der Waals surface area contributed by atoms with Gasteiger partial charge in [0.25, 0.3) is 0 Å². The van der Waals surface area contributed by atoms with E-state index >= 15 is 0 Å². The molecule has 0 saturated carbocycles. The zero-order chi connectivity index (χ0) is 20.5. The molecule has 1 aromatic heterocycles. The van der Waals surface area contributed by atoms with Gasteiger partial charge < -0.3 is 24.6 Å². The fourth-order valence-corrected chi connectivity index (χ4v) is 4.92. The standard InChI is InChI=1S/C22H38N4O2S.HI/c1-4-23-22(24-16-20(25(2)3)21-9-7-15-29-21)26-12-10-18(11-13-26)28-17-19-8-5-6-14-27-19;/h7,9,15,18-20H,4-6,8,10-14,16-17H2,1-3H3,(H,23,24);1H. The summed E-state index contributed by atoms with van der Waals surface area (Å²) < 4.78 is 12.0. The summed E-state index contributed by atoms with van der Waals surface area (Å²) in [7, 11) is 4.26. The summed E-state index contributed by atoms with van der Waals surface area (Å²) in [6, 6.07) is 4.64. The van der Waals surface area contributed by atoms with E-state index in [1.165, 1.54) is 17.7 Å². The molecule has 0 bridgehead atoms. The van der Waals surface area contributed by atoms with Gasteiger partial charge in [-0.2, -0.15) is 0 Å². The van der Waals surface area contributed by atoms with E-state index in [1.54, 1.807) is 11.3 Å². The van der Waals surface area contributed by atoms with Crippen molar-refractivity contribution in [1.82, 2.24) is 15.1 Å². The van der Waals surface area contributed by atoms with Gasteiger partial charge in [-0.15, -0.1) is 35.3 Å². The van der Waals surface area contributed by atoms with Gasteiger partial charge >= 0.3 is 0 Å². The molecule has 8 heteroatoms. The van der Waals surface area contributed by atoms with Crippen molar-refractivity contribution in [3.63, 3.8) is 0 Å². The molecule has 0 spiro atoms. The average Bonchev–Trinajstić information content (AvgIpc) is 3.27. The summed E-state index contributed by atoms with van der Waals surface area (Å²) in [6.07, 6.45) is 6.38. The third-order valence-electron chi connectivity index (χ3n) is 5.78. The number of nitrogens with zero attached hydrogens (tertiary/aromatic N) is 3. The van der Waals surface area contributed by atoms with Crippen LogP contribution in [0.5, 0.6) is 0 Å². The molecule has 172 valence electrons. The first-order valence-corrected chi connectivity index (χ1v) is 12.0. The normalized spacial score (nSPS) is 22.1. The molecule has 0 amide bonds. The number of rotatable bonds is 8. The zero-order valence-corrected chi connectivity index (χ0v) is 21.9. The van der Waals surface area contributed by atoms with Gasteiger partial charge in [0.1, 0.15) is 0 Å². The molecule has 2 aliphatic rings. The Bertz CT molecular complexity index is 600. The molecule has 6 nitrogen and oxygen atoms in total. The Kier molecular flexibility index (Phi) is 12.0. The van der Waals surface area contributed by atoms with E-state index < -0.39 is 0 Å². The highest BCUT2D eigenvalue weighted by molar-refractivity contribution is 14.0. The Labute approximate surface area is 203 Å². The molecule has 2 unspecified atom stereocenters. The van der Waals surface area contributed by atoms with E-state index in [0.29, 0.717) is 18.2 Å². The average molecular weight is 551 g/mol. The number of hydrogen-bond donors (Lipinski definition) is 1. The van der Waals surface area contributed by atoms with Crippen LogP contribution in [-0.4, -0.2) is 81.5 Å². The second-order valence-corrected chi connectivity index (χ2v) is 9.18. The van der Waals surface area contributed by atoms with Gasteiger partial charge in [-0.3, -0.25) is 4.99 Å². The number of likely N-dealkylation sites (tertiary alicyclic amines) is 1. The lowest BCUT2D eigenvalue weighted by Gasteiger charge is -2.35. The molecular weight excluding hydrogens is 511 g/mol. The van der Waals surface area contributed by atoms with Gasteiger partial charge in [0, 0.05) is 31.1 Å². The molecule has 0 radical (unpaired) electrons. The fourth-order valence-electron chi connectivity index (χ4n) is 4.00. The van der Waals surface area contributed by atoms with E-state index in [2.05, 4.69) is 53.6 Å². The third kappa shape index (κ3) is 7.93. The molecule has 30 heavy (non-hydrogen) atoms. The lowest BCUT2D eigenvalue weighted by Crippen LogP contribution is -2.47. The summed E-state index contributed by atoms with van der Waals surface area (Å²) >= 11 is 1.81. The number of halogens is 1. The van der Waals surface area contributed by atoms with Crippen LogP contribution >= 0.6 is 35.3 Å². The Morgan fingerprint density at radius 2 is 2.13 bits per heavy atom. The van der Waals surface area contributed by atoms with Crippen LogP contribution in [0.3, 0.4) is 0 Å². The highest BCUT2D eigenvalue weighted by atomic mass is 127. The summed E-state index contributed by atoms with van der Waals surface area (Å²) in [4.78, 5) is 11.0. The first-order chi connectivity index (χ1) is 14.2. The smallest absolute Gasteiger partial charge is 0.193 e. The molecule has 0 aromatic carbocycles. The topological polar surface area (TPSA) is 49.3 Å². The molecule has 2 aliphatic heterocycles. The predicted octanol–water partition coefficient (Wildman–Crippen LogP) is 3.98. The van der Waals surface area contributed by atoms with Crippen molar-refractivity contribution >= 4 is 41.3 Å². The molecule has 0 aliphatic carbocycles. The number of aliphatic imine (C=N–C) groups is 1. The monoisotopic (exact) mass is 550 g/mol. The maximum atomic E-state index is 6.17. The molecule has 3 heterocycles. The minimum absolute atomic E-state index is 0. The molecular formula is C22H39IN4O2S. The number of likely N-dealkylation sites (N-methyl/N-ethyl adjacent to an activating group) is 1. The Balaban J connectivity index is 0.00000320. The van der Waals surface area contributed by atoms with Crippen molar-refractivity contribution in [2.45, 2.75) is 57.3 Å². The molecule has 2 saturated heterocycles. The van der Waals surface area contributed by atoms with Crippen LogP contribution in [0.25, 0.3) is 0 Å². The number of piperidine rings is 1. The summed E-state index contributed by atoms with van der Waals surface area (Å²) in [5, 5.41) is 5.63. The van der Waals surface area contributed by atoms with Crippen molar-refractivity contribution in [1.29, 1.82) is 0 Å². The maximum absolute atomic E-state index is 6.17. The lowest BCUT2D eigenvalue weighted by molar-refractivity contribution is -0.0721. The highest BCUT2D eigenvalue weighted by Gasteiger charge is 2.24. The predicted molar refractivity (Wildman–Crippen MR) is 136 cm³/mol. The fraction of sp³-hybridized carbons (Fsp3) is 0.773. The van der Waals surface area contributed by atoms with Crippen LogP contribution in [0.2, 0.25) is 0 Å².